The molecule has 86 valence electrons. The first kappa shape index (κ1) is 10.7. The Kier molecular flexibility index (Phi) is 2.23. The number of likely N-dealkylation sites (tertiary alicyclic amines) is 1. The largest absolute Gasteiger partial charge is 0.465 e. The first-order valence-corrected chi connectivity index (χ1v) is 5.60. The van der Waals surface area contributed by atoms with Gasteiger partial charge in [0.05, 0.1) is 0 Å². The van der Waals surface area contributed by atoms with E-state index >= 15 is 0 Å². The lowest BCUT2D eigenvalue weighted by molar-refractivity contribution is -0.0636. The van der Waals surface area contributed by atoms with Crippen LogP contribution in [0.3, 0.4) is 0 Å². The van der Waals surface area contributed by atoms with Crippen LogP contribution in [0, 0.1) is 11.3 Å². The number of hydrogen-bond acceptors (Lipinski definition) is 2. The molecule has 4 heteroatoms. The first-order valence-electron chi connectivity index (χ1n) is 5.60. The number of hydrogen-bond donors (Lipinski definition) is 2. The average molecular weight is 212 g/mol. The molecule has 0 radical (unpaired) electrons. The van der Waals surface area contributed by atoms with Gasteiger partial charge in [0.2, 0.25) is 0 Å². The van der Waals surface area contributed by atoms with Gasteiger partial charge in [-0.15, -0.1) is 0 Å². The fraction of sp³-hybridized carbons (Fsp3) is 0.909. The third-order valence-electron chi connectivity index (χ3n) is 4.16. The van der Waals surface area contributed by atoms with Crippen molar-refractivity contribution in [1.29, 1.82) is 0 Å². The molecule has 2 heterocycles. The summed E-state index contributed by atoms with van der Waals surface area (Å²) in [5.74, 6) is 0.646. The molecule has 2 rings (SSSR count). The number of fused-ring (bicyclic) bond motifs is 1. The first-order chi connectivity index (χ1) is 6.87. The SMILES string of the molecule is CC(C)(C)[C@]12CN(C(=O)O)CC[C@@H]1CN2. The van der Waals surface area contributed by atoms with E-state index in [1.807, 2.05) is 0 Å². The zero-order valence-electron chi connectivity index (χ0n) is 9.71. The van der Waals surface area contributed by atoms with E-state index < -0.39 is 6.09 Å². The summed E-state index contributed by atoms with van der Waals surface area (Å²) >= 11 is 0. The van der Waals surface area contributed by atoms with Crippen LogP contribution in [0.5, 0.6) is 0 Å². The molecule has 0 aromatic heterocycles. The molecule has 15 heavy (non-hydrogen) atoms. The summed E-state index contributed by atoms with van der Waals surface area (Å²) in [6.45, 7) is 8.95. The Balaban J connectivity index is 2.19. The van der Waals surface area contributed by atoms with E-state index in [9.17, 15) is 4.79 Å². The highest BCUT2D eigenvalue weighted by Crippen LogP contribution is 2.46. The minimum Gasteiger partial charge on any atom is -0.465 e. The van der Waals surface area contributed by atoms with Crippen LogP contribution in [-0.2, 0) is 0 Å². The summed E-state index contributed by atoms with van der Waals surface area (Å²) in [6.07, 6.45) is 0.210. The van der Waals surface area contributed by atoms with Crippen molar-refractivity contribution in [3.63, 3.8) is 0 Å². The van der Waals surface area contributed by atoms with Crippen LogP contribution in [0.25, 0.3) is 0 Å². The number of carbonyl (C=O) groups is 1. The number of nitrogens with zero attached hydrogens (tertiary/aromatic N) is 1. The summed E-state index contributed by atoms with van der Waals surface area (Å²) in [5, 5.41) is 12.5. The minimum absolute atomic E-state index is 0.00361. The normalized spacial score (nSPS) is 35.7. The number of rotatable bonds is 0. The Hall–Kier alpha value is -0.770. The van der Waals surface area contributed by atoms with E-state index in [-0.39, 0.29) is 11.0 Å². The topological polar surface area (TPSA) is 52.6 Å². The van der Waals surface area contributed by atoms with Gasteiger partial charge in [0.15, 0.2) is 0 Å². The molecule has 2 saturated heterocycles. The van der Waals surface area contributed by atoms with Crippen molar-refractivity contribution in [3.8, 4) is 0 Å². The molecule has 0 bridgehead atoms. The van der Waals surface area contributed by atoms with E-state index in [0.29, 0.717) is 19.0 Å². The van der Waals surface area contributed by atoms with Gasteiger partial charge in [-0.05, 0) is 17.8 Å². The van der Waals surface area contributed by atoms with Gasteiger partial charge in [0.1, 0.15) is 0 Å². The lowest BCUT2D eigenvalue weighted by Gasteiger charge is -2.62. The second-order valence-electron chi connectivity index (χ2n) is 5.79. The van der Waals surface area contributed by atoms with Crippen LogP contribution in [-0.4, -0.2) is 41.3 Å². The highest BCUT2D eigenvalue weighted by Gasteiger charge is 2.56. The van der Waals surface area contributed by atoms with Crippen LogP contribution in [0.2, 0.25) is 0 Å². The van der Waals surface area contributed by atoms with Gasteiger partial charge in [-0.3, -0.25) is 0 Å². The molecular formula is C11H20N2O2. The highest BCUT2D eigenvalue weighted by molar-refractivity contribution is 5.65. The third-order valence-corrected chi connectivity index (χ3v) is 4.16. The van der Waals surface area contributed by atoms with E-state index in [2.05, 4.69) is 26.1 Å². The number of amides is 1. The fourth-order valence-corrected chi connectivity index (χ4v) is 3.00. The molecule has 2 aliphatic rings. The van der Waals surface area contributed by atoms with Gasteiger partial charge in [-0.1, -0.05) is 20.8 Å². The molecule has 2 fully saturated rings. The standard InChI is InChI=1S/C11H20N2O2/c1-10(2,3)11-7-13(9(14)15)5-4-8(11)6-12-11/h8,12H,4-7H2,1-3H3,(H,14,15)/t8-,11+/m1/s1. The molecule has 2 N–H and O–H groups in total. The average Bonchev–Trinajstić information content (AvgIpc) is 2.04. The second-order valence-corrected chi connectivity index (χ2v) is 5.79. The Morgan fingerprint density at radius 2 is 2.20 bits per heavy atom. The van der Waals surface area contributed by atoms with E-state index in [1.54, 1.807) is 4.90 Å². The van der Waals surface area contributed by atoms with Crippen molar-refractivity contribution in [2.75, 3.05) is 19.6 Å². The lowest BCUT2D eigenvalue weighted by Crippen LogP contribution is -2.77. The van der Waals surface area contributed by atoms with Gasteiger partial charge < -0.3 is 15.3 Å². The molecular weight excluding hydrogens is 192 g/mol. The third kappa shape index (κ3) is 1.42. The van der Waals surface area contributed by atoms with Crippen LogP contribution < -0.4 is 5.32 Å². The van der Waals surface area contributed by atoms with Crippen LogP contribution in [0.4, 0.5) is 4.79 Å². The molecule has 0 aromatic carbocycles. The number of piperidine rings is 1. The quantitative estimate of drug-likeness (QED) is 0.637. The predicted molar refractivity (Wildman–Crippen MR) is 57.9 cm³/mol. The Morgan fingerprint density at radius 1 is 1.53 bits per heavy atom. The smallest absolute Gasteiger partial charge is 0.407 e. The zero-order valence-corrected chi connectivity index (χ0v) is 9.71. The summed E-state index contributed by atoms with van der Waals surface area (Å²) in [5.41, 5.74) is 0.119. The van der Waals surface area contributed by atoms with Crippen molar-refractivity contribution in [1.82, 2.24) is 10.2 Å². The van der Waals surface area contributed by atoms with Crippen molar-refractivity contribution in [2.45, 2.75) is 32.7 Å². The van der Waals surface area contributed by atoms with Crippen LogP contribution in [0.1, 0.15) is 27.2 Å². The summed E-state index contributed by atoms with van der Waals surface area (Å²) in [6, 6.07) is 0. The molecule has 0 aliphatic carbocycles. The lowest BCUT2D eigenvalue weighted by atomic mass is 9.58. The van der Waals surface area contributed by atoms with Crippen LogP contribution in [0.15, 0.2) is 0 Å². The van der Waals surface area contributed by atoms with Gasteiger partial charge in [-0.25, -0.2) is 4.79 Å². The van der Waals surface area contributed by atoms with Gasteiger partial charge >= 0.3 is 6.09 Å². The Labute approximate surface area is 90.6 Å². The van der Waals surface area contributed by atoms with E-state index in [1.165, 1.54) is 0 Å². The fourth-order valence-electron chi connectivity index (χ4n) is 3.00. The Morgan fingerprint density at radius 3 is 2.60 bits per heavy atom. The predicted octanol–water partition coefficient (Wildman–Crippen LogP) is 1.37. The molecule has 0 saturated carbocycles. The number of carboxylic acid groups (broad SMARTS) is 1. The molecule has 0 spiro atoms. The molecule has 2 atom stereocenters. The summed E-state index contributed by atoms with van der Waals surface area (Å²) in [7, 11) is 0. The maximum absolute atomic E-state index is 11.0. The highest BCUT2D eigenvalue weighted by atomic mass is 16.4. The second kappa shape index (κ2) is 3.11. The molecule has 4 nitrogen and oxygen atoms in total. The van der Waals surface area contributed by atoms with Crippen molar-refractivity contribution in [2.24, 2.45) is 11.3 Å². The Bertz CT molecular complexity index is 285. The van der Waals surface area contributed by atoms with Crippen molar-refractivity contribution in [3.05, 3.63) is 0 Å². The van der Waals surface area contributed by atoms with Crippen LogP contribution >= 0.6 is 0 Å². The summed E-state index contributed by atoms with van der Waals surface area (Å²) < 4.78 is 0. The van der Waals surface area contributed by atoms with Gasteiger partial charge in [-0.2, -0.15) is 0 Å². The maximum atomic E-state index is 11.0. The molecule has 2 aliphatic heterocycles. The van der Waals surface area contributed by atoms with E-state index in [4.69, 9.17) is 5.11 Å². The number of nitrogens with one attached hydrogen (secondary N) is 1. The van der Waals surface area contributed by atoms with Gasteiger partial charge in [0, 0.05) is 25.2 Å². The van der Waals surface area contributed by atoms with E-state index in [0.717, 1.165) is 13.0 Å². The molecule has 0 unspecified atom stereocenters. The monoisotopic (exact) mass is 212 g/mol. The molecule has 1 amide bonds. The maximum Gasteiger partial charge on any atom is 0.407 e. The van der Waals surface area contributed by atoms with Crippen molar-refractivity contribution < 1.29 is 9.90 Å². The van der Waals surface area contributed by atoms with Crippen molar-refractivity contribution >= 4 is 6.09 Å². The minimum atomic E-state index is -0.786. The molecule has 0 aromatic rings. The van der Waals surface area contributed by atoms with Gasteiger partial charge in [0.25, 0.3) is 0 Å². The zero-order chi connectivity index (χ0) is 11.3. The summed E-state index contributed by atoms with van der Waals surface area (Å²) in [4.78, 5) is 12.5.